The highest BCUT2D eigenvalue weighted by molar-refractivity contribution is 6.31. The van der Waals surface area contributed by atoms with Crippen LogP contribution in [-0.4, -0.2) is 26.2 Å². The van der Waals surface area contributed by atoms with Gasteiger partial charge in [-0.3, -0.25) is 4.79 Å². The van der Waals surface area contributed by atoms with Gasteiger partial charge in [0.2, 0.25) is 0 Å². The monoisotopic (exact) mass is 332 g/mol. The maximum Gasteiger partial charge on any atom is 0.258 e. The second-order valence-electron chi connectivity index (χ2n) is 5.17. The minimum Gasteiger partial charge on any atom is -0.493 e. The van der Waals surface area contributed by atoms with E-state index < -0.39 is 0 Å². The van der Waals surface area contributed by atoms with Gasteiger partial charge in [-0.1, -0.05) is 11.6 Å². The molecule has 0 fully saturated rings. The van der Waals surface area contributed by atoms with Crippen molar-refractivity contribution in [3.63, 3.8) is 0 Å². The second-order valence-corrected chi connectivity index (χ2v) is 5.60. The third-order valence-corrected chi connectivity index (χ3v) is 3.94. The van der Waals surface area contributed by atoms with Gasteiger partial charge in [0.1, 0.15) is 6.61 Å². The Labute approximate surface area is 139 Å². The Bertz CT molecular complexity index is 749. The Kier molecular flexibility index (Phi) is 4.41. The van der Waals surface area contributed by atoms with Crippen LogP contribution in [0.3, 0.4) is 0 Å². The number of anilines is 1. The molecule has 0 saturated heterocycles. The lowest BCUT2D eigenvalue weighted by Gasteiger charge is -2.18. The first-order valence-corrected chi connectivity index (χ1v) is 7.63. The normalized spacial score (nSPS) is 13.2. The minimum atomic E-state index is -0.0494. The van der Waals surface area contributed by atoms with Crippen LogP contribution >= 0.6 is 11.6 Å². The number of fused-ring (bicyclic) bond motifs is 1. The summed E-state index contributed by atoms with van der Waals surface area (Å²) < 4.78 is 10.9. The van der Waals surface area contributed by atoms with Gasteiger partial charge < -0.3 is 20.1 Å². The van der Waals surface area contributed by atoms with Crippen LogP contribution in [0.5, 0.6) is 11.5 Å². The fourth-order valence-corrected chi connectivity index (χ4v) is 2.81. The average molecular weight is 333 g/mol. The van der Waals surface area contributed by atoms with Crippen molar-refractivity contribution in [2.75, 3.05) is 25.2 Å². The van der Waals surface area contributed by atoms with Gasteiger partial charge >= 0.3 is 0 Å². The summed E-state index contributed by atoms with van der Waals surface area (Å²) in [6.07, 6.45) is 0. The number of methoxy groups -OCH3 is 1. The van der Waals surface area contributed by atoms with Crippen molar-refractivity contribution >= 4 is 23.2 Å². The first kappa shape index (κ1) is 15.6. The Morgan fingerprint density at radius 3 is 2.78 bits per heavy atom. The van der Waals surface area contributed by atoms with E-state index in [2.05, 4.69) is 0 Å². The molecule has 23 heavy (non-hydrogen) atoms. The summed E-state index contributed by atoms with van der Waals surface area (Å²) in [7, 11) is 1.57. The third-order valence-electron chi connectivity index (χ3n) is 3.71. The molecule has 0 unspecified atom stereocenters. The molecule has 120 valence electrons. The molecule has 0 aliphatic carbocycles. The van der Waals surface area contributed by atoms with Crippen LogP contribution in [0.2, 0.25) is 5.02 Å². The predicted molar refractivity (Wildman–Crippen MR) is 89.5 cm³/mol. The number of carbonyl (C=O) groups is 1. The van der Waals surface area contributed by atoms with Gasteiger partial charge in [0.15, 0.2) is 11.5 Å². The smallest absolute Gasteiger partial charge is 0.258 e. The van der Waals surface area contributed by atoms with Crippen molar-refractivity contribution in [1.29, 1.82) is 0 Å². The Morgan fingerprint density at radius 1 is 1.22 bits per heavy atom. The highest BCUT2D eigenvalue weighted by Crippen LogP contribution is 2.35. The maximum atomic E-state index is 12.6. The number of hydrogen-bond acceptors (Lipinski definition) is 4. The van der Waals surface area contributed by atoms with Gasteiger partial charge in [-0.05, 0) is 35.9 Å². The molecule has 1 amide bonds. The molecule has 0 atom stereocenters. The van der Waals surface area contributed by atoms with Crippen molar-refractivity contribution in [2.24, 2.45) is 5.73 Å². The van der Waals surface area contributed by atoms with E-state index in [-0.39, 0.29) is 5.91 Å². The predicted octanol–water partition coefficient (Wildman–Crippen LogP) is 2.85. The summed E-state index contributed by atoms with van der Waals surface area (Å²) >= 11 is 6.01. The Hall–Kier alpha value is -2.24. The fraction of sp³-hybridized carbons (Fsp3) is 0.235. The minimum absolute atomic E-state index is 0.0494. The summed E-state index contributed by atoms with van der Waals surface area (Å²) in [6.45, 7) is 1.26. The van der Waals surface area contributed by atoms with Crippen LogP contribution in [0.1, 0.15) is 15.9 Å². The molecule has 0 spiro atoms. The summed E-state index contributed by atoms with van der Waals surface area (Å²) in [4.78, 5) is 14.3. The first-order chi connectivity index (χ1) is 11.1. The molecule has 2 aromatic carbocycles. The molecule has 0 saturated carbocycles. The molecule has 6 heteroatoms. The molecule has 0 aromatic heterocycles. The van der Waals surface area contributed by atoms with E-state index in [4.69, 9.17) is 26.8 Å². The lowest BCUT2D eigenvalue weighted by molar-refractivity contribution is 0.0996. The summed E-state index contributed by atoms with van der Waals surface area (Å²) in [6, 6.07) is 10.7. The van der Waals surface area contributed by atoms with E-state index in [9.17, 15) is 4.79 Å². The quantitative estimate of drug-likeness (QED) is 0.914. The first-order valence-electron chi connectivity index (χ1n) is 7.25. The molecular formula is C17H17ClN2O3. The second kappa shape index (κ2) is 6.48. The molecular weight excluding hydrogens is 316 g/mol. The molecule has 2 aromatic rings. The SMILES string of the molecule is COc1ccc(N2Cc3cc(Cl)ccc3C2=O)cc1OCCN. The lowest BCUT2D eigenvalue weighted by Crippen LogP contribution is -2.23. The molecule has 1 aliphatic rings. The number of nitrogens with zero attached hydrogens (tertiary/aromatic N) is 1. The van der Waals surface area contributed by atoms with Crippen LogP contribution in [0.4, 0.5) is 5.69 Å². The van der Waals surface area contributed by atoms with Crippen molar-refractivity contribution in [1.82, 2.24) is 0 Å². The zero-order valence-electron chi connectivity index (χ0n) is 12.7. The lowest BCUT2D eigenvalue weighted by atomic mass is 10.1. The van der Waals surface area contributed by atoms with Crippen molar-refractivity contribution in [2.45, 2.75) is 6.54 Å². The fourth-order valence-electron chi connectivity index (χ4n) is 2.61. The highest BCUT2D eigenvalue weighted by Gasteiger charge is 2.29. The van der Waals surface area contributed by atoms with Crippen LogP contribution in [0.15, 0.2) is 36.4 Å². The van der Waals surface area contributed by atoms with Gasteiger partial charge in [0.05, 0.1) is 13.7 Å². The molecule has 3 rings (SSSR count). The Morgan fingerprint density at radius 2 is 2.04 bits per heavy atom. The number of carbonyl (C=O) groups excluding carboxylic acids is 1. The zero-order valence-corrected chi connectivity index (χ0v) is 13.5. The summed E-state index contributed by atoms with van der Waals surface area (Å²) in [5, 5.41) is 0.625. The Balaban J connectivity index is 1.92. The number of ether oxygens (including phenoxy) is 2. The maximum absolute atomic E-state index is 12.6. The van der Waals surface area contributed by atoms with Gasteiger partial charge in [-0.2, -0.15) is 0 Å². The molecule has 0 bridgehead atoms. The third kappa shape index (κ3) is 2.98. The number of rotatable bonds is 5. The van der Waals surface area contributed by atoms with E-state index in [1.54, 1.807) is 36.3 Å². The van der Waals surface area contributed by atoms with E-state index in [0.29, 0.717) is 41.8 Å². The molecule has 5 nitrogen and oxygen atoms in total. The van der Waals surface area contributed by atoms with Crippen LogP contribution in [0, 0.1) is 0 Å². The van der Waals surface area contributed by atoms with Crippen molar-refractivity contribution in [3.05, 3.63) is 52.5 Å². The van der Waals surface area contributed by atoms with Crippen molar-refractivity contribution in [3.8, 4) is 11.5 Å². The average Bonchev–Trinajstić information content (AvgIpc) is 2.88. The van der Waals surface area contributed by atoms with E-state index in [1.807, 2.05) is 12.1 Å². The molecule has 1 heterocycles. The number of benzene rings is 2. The molecule has 2 N–H and O–H groups in total. The van der Waals surface area contributed by atoms with E-state index in [0.717, 1.165) is 11.3 Å². The summed E-state index contributed by atoms with van der Waals surface area (Å²) in [5.41, 5.74) is 7.82. The highest BCUT2D eigenvalue weighted by atomic mass is 35.5. The van der Waals surface area contributed by atoms with Gasteiger partial charge in [0, 0.05) is 28.9 Å². The summed E-state index contributed by atoms with van der Waals surface area (Å²) in [5.74, 6) is 1.12. The topological polar surface area (TPSA) is 64.8 Å². The van der Waals surface area contributed by atoms with Crippen LogP contribution < -0.4 is 20.1 Å². The number of nitrogens with two attached hydrogens (primary N) is 1. The van der Waals surface area contributed by atoms with Gasteiger partial charge in [0.25, 0.3) is 5.91 Å². The van der Waals surface area contributed by atoms with E-state index in [1.165, 1.54) is 0 Å². The van der Waals surface area contributed by atoms with Gasteiger partial charge in [-0.15, -0.1) is 0 Å². The molecule has 1 aliphatic heterocycles. The number of hydrogen-bond donors (Lipinski definition) is 1. The van der Waals surface area contributed by atoms with Crippen LogP contribution in [0.25, 0.3) is 0 Å². The van der Waals surface area contributed by atoms with Crippen molar-refractivity contribution < 1.29 is 14.3 Å². The largest absolute Gasteiger partial charge is 0.493 e. The molecule has 0 radical (unpaired) electrons. The number of halogens is 1. The zero-order chi connectivity index (χ0) is 16.4. The number of amides is 1. The standard InChI is InChI=1S/C17H17ClN2O3/c1-22-15-5-3-13(9-16(15)23-7-6-19)20-10-11-8-12(18)2-4-14(11)17(20)21/h2-5,8-9H,6-7,10,19H2,1H3. The van der Waals surface area contributed by atoms with Gasteiger partial charge in [-0.25, -0.2) is 0 Å². The van der Waals surface area contributed by atoms with E-state index >= 15 is 0 Å². The van der Waals surface area contributed by atoms with Crippen LogP contribution in [-0.2, 0) is 6.54 Å².